The van der Waals surface area contributed by atoms with Gasteiger partial charge < -0.3 is 167 Å². The molecule has 2 rings (SSSR count). The van der Waals surface area contributed by atoms with Crippen LogP contribution in [-0.2, 0) is 120 Å². The van der Waals surface area contributed by atoms with E-state index in [1.165, 1.54) is 33.8 Å². The largest absolute Gasteiger partial charge is 0.481 e. The second kappa shape index (κ2) is 67.9. The average Bonchev–Trinajstić information content (AvgIpc) is 0.802. The number of carbonyl (C=O) groups is 20. The molecule has 826 valence electrons. The molecule has 0 aromatic rings. The van der Waals surface area contributed by atoms with Crippen LogP contribution in [0, 0.1) is 23.7 Å². The van der Waals surface area contributed by atoms with E-state index in [2.05, 4.69) is 96.5 Å². The predicted molar refractivity (Wildman–Crippen MR) is 506 cm³/mol. The lowest BCUT2D eigenvalue weighted by molar-refractivity contribution is -0.318. The van der Waals surface area contributed by atoms with Crippen molar-refractivity contribution in [1.82, 2.24) is 90.7 Å². The maximum atomic E-state index is 14.4. The van der Waals surface area contributed by atoms with Gasteiger partial charge in [0.25, 0.3) is 0 Å². The SMILES string of the molecule is C=CCOC(=O)NOCC(=O)NCCCC[C@H](NC(=O)[C@H](CC(C)C)NC(=O)[C@H](CCC(=O)O)NC(=O)[C@H](CC(C)C)NC(=O)[C@H](CCC(=O)O)NC(=O)[C@H](C)NC(=O)[C@H](CCCCN)NC(=O)[C@H](C)NC(=O)[C@H](CCCCN)NC(=O)[C@H](CC(C)C)NC(=O)[C@H](C)NC(=O)[C@H](CC(C)C)NC(=O)[C@H](CCC(=O)O)NC(=O)[C@H](C)NC(=O)CONC1O[C@H](CO[C@@H]2O[C@H](CO)[C@@H](O)[C@H](O)[C@H]2O)[C@@H](O)[C@H](O)[C@H]1O)C(N)=O. The summed E-state index contributed by atoms with van der Waals surface area (Å²) in [5.74, 6) is -21.3. The third-order valence-corrected chi connectivity index (χ3v) is 22.4. The van der Waals surface area contributed by atoms with Crippen molar-refractivity contribution < 1.29 is 176 Å². The number of hydroxylamine groups is 2. The van der Waals surface area contributed by atoms with Crippen molar-refractivity contribution in [1.29, 1.82) is 0 Å². The van der Waals surface area contributed by atoms with E-state index in [1.807, 2.05) is 5.48 Å². The molecule has 0 radical (unpaired) electrons. The standard InChI is InChI=1S/C89H154N20O36/c1-14-33-140-89(139)109-143-40-62(111)93-32-20-17-21-50(73(92)125)98-84(136)58(36-44(6)7)106-82(134)55(26-29-66(117)118)103-86(138)59(37-45(8)9)107-81(133)54(25-28-65(115)116)101-76(128)48(12)95-78(130)51(22-15-18-30-90)99-75(127)47(11)96-79(131)52(23-16-19-31-91)102-85(137)57(35-43(4)5)104-77(129)49(13)97-83(135)56(34-42(2)3)105-80(132)53(24-27-64(113)114)100-74(126)46(10)94-63(112)41-142-108-87-71(123)69(121)68(120)61(144-87)39-141-88-72(124)70(122)67(119)60(38-110)145-88/h14,42-61,67-72,87-88,108,110,119-124H,1,15-41,90-91H2,2-13H3,(H2,92,125)(H,93,111)(H,94,112)(H,95,130)(H,96,131)(H,97,135)(H,98,136)(H,99,127)(H,100,126)(H,101,128)(H,102,137)(H,103,138)(H,104,129)(H,105,132)(H,106,134)(H,107,133)(H,109,139)(H,113,114)(H,115,116)(H,117,118)/t46-,47-,48-,49-,50-,51-,52-,53-,54-,55-,56-,57-,58-,59-,60+,61+,67+,68+,69-,70-,71+,72+,87?,88+/m0/s1. The number of ether oxygens (including phenoxy) is 4. The Morgan fingerprint density at radius 1 is 0.359 bits per heavy atom. The molecular weight excluding hydrogens is 1930 g/mol. The maximum Gasteiger partial charge on any atom is 0.431 e. The summed E-state index contributed by atoms with van der Waals surface area (Å²) in [6.45, 7) is 18.9. The van der Waals surface area contributed by atoms with Crippen LogP contribution in [0.4, 0.5) is 4.79 Å². The number of aliphatic hydroxyl groups is 7. The second-order valence-corrected chi connectivity index (χ2v) is 37.0. The van der Waals surface area contributed by atoms with Crippen LogP contribution >= 0.6 is 0 Å². The quantitative estimate of drug-likeness (QED) is 0.0153. The number of carboxylic acid groups (broad SMARTS) is 3. The zero-order chi connectivity index (χ0) is 110. The van der Waals surface area contributed by atoms with E-state index < -0.39 is 335 Å². The summed E-state index contributed by atoms with van der Waals surface area (Å²) in [4.78, 5) is 279. The molecule has 2 aliphatic rings. The van der Waals surface area contributed by atoms with Crippen LogP contribution in [0.1, 0.15) is 205 Å². The molecule has 56 nitrogen and oxygen atoms in total. The Bertz CT molecular complexity index is 4220. The second-order valence-electron chi connectivity index (χ2n) is 37.0. The molecule has 1 unspecified atom stereocenters. The first kappa shape index (κ1) is 129. The molecule has 0 aliphatic carbocycles. The first-order valence-corrected chi connectivity index (χ1v) is 48.1. The molecule has 0 bridgehead atoms. The molecule has 17 amide bonds. The monoisotopic (exact) mass is 2080 g/mol. The molecule has 2 fully saturated rings. The van der Waals surface area contributed by atoms with Crippen LogP contribution in [0.5, 0.6) is 0 Å². The van der Waals surface area contributed by atoms with Crippen molar-refractivity contribution >= 4 is 119 Å². The van der Waals surface area contributed by atoms with E-state index in [0.717, 1.165) is 0 Å². The van der Waals surface area contributed by atoms with E-state index >= 15 is 0 Å². The molecule has 2 saturated heterocycles. The fourth-order valence-electron chi connectivity index (χ4n) is 14.4. The number of primary amides is 1. The number of aliphatic hydroxyl groups excluding tert-OH is 7. The summed E-state index contributed by atoms with van der Waals surface area (Å²) in [7, 11) is 0. The summed E-state index contributed by atoms with van der Waals surface area (Å²) < 4.78 is 20.9. The van der Waals surface area contributed by atoms with Crippen molar-refractivity contribution in [2.75, 3.05) is 52.7 Å². The third kappa shape index (κ3) is 49.9. The number of carboxylic acids is 3. The van der Waals surface area contributed by atoms with Crippen molar-refractivity contribution in [3.8, 4) is 0 Å². The van der Waals surface area contributed by atoms with Gasteiger partial charge in [-0.3, -0.25) is 101 Å². The van der Waals surface area contributed by atoms with Crippen molar-refractivity contribution in [2.45, 2.75) is 351 Å². The molecule has 0 saturated carbocycles. The molecule has 24 atom stereocenters. The molecule has 2 aliphatic heterocycles. The van der Waals surface area contributed by atoms with Gasteiger partial charge in [-0.05, 0) is 167 Å². The maximum absolute atomic E-state index is 14.4. The lowest BCUT2D eigenvalue weighted by atomic mass is 9.98. The van der Waals surface area contributed by atoms with Crippen LogP contribution < -0.4 is 108 Å². The van der Waals surface area contributed by atoms with Gasteiger partial charge >= 0.3 is 24.0 Å². The Kier molecular flexibility index (Phi) is 60.6. The summed E-state index contributed by atoms with van der Waals surface area (Å²) >= 11 is 0. The summed E-state index contributed by atoms with van der Waals surface area (Å²) in [5, 5.41) is 138. The lowest BCUT2D eigenvalue weighted by Crippen LogP contribution is -2.63. The smallest absolute Gasteiger partial charge is 0.431 e. The van der Waals surface area contributed by atoms with Gasteiger partial charge in [0.1, 0.15) is 147 Å². The van der Waals surface area contributed by atoms with Crippen LogP contribution in [-0.4, -0.2) is 368 Å². The molecule has 0 aromatic carbocycles. The summed E-state index contributed by atoms with van der Waals surface area (Å²) in [6.07, 6.45) is -20.0. The average molecular weight is 2080 g/mol. The molecule has 56 heteroatoms. The Morgan fingerprint density at radius 2 is 0.676 bits per heavy atom. The number of amides is 17. The Hall–Kier alpha value is -11.7. The van der Waals surface area contributed by atoms with Crippen molar-refractivity contribution in [3.63, 3.8) is 0 Å². The highest BCUT2D eigenvalue weighted by atomic mass is 16.7. The van der Waals surface area contributed by atoms with Gasteiger partial charge in [0.15, 0.2) is 19.1 Å². The summed E-state index contributed by atoms with van der Waals surface area (Å²) in [5.41, 5.74) is 21.3. The number of aliphatic carboxylic acids is 3. The molecule has 33 N–H and O–H groups in total. The van der Waals surface area contributed by atoms with Gasteiger partial charge in [0, 0.05) is 25.8 Å². The number of rotatable bonds is 71. The van der Waals surface area contributed by atoms with Gasteiger partial charge in [-0.25, -0.2) is 4.79 Å². The van der Waals surface area contributed by atoms with E-state index in [9.17, 15) is 147 Å². The zero-order valence-electron chi connectivity index (χ0n) is 83.9. The van der Waals surface area contributed by atoms with Gasteiger partial charge in [0.05, 0.1) is 13.2 Å². The lowest BCUT2D eigenvalue weighted by Gasteiger charge is -2.42. The molecule has 0 aromatic heterocycles. The predicted octanol–water partition coefficient (Wildman–Crippen LogP) is -9.35. The molecular formula is C89H154N20O36. The van der Waals surface area contributed by atoms with Crippen molar-refractivity contribution in [2.24, 2.45) is 40.9 Å². The van der Waals surface area contributed by atoms with Crippen molar-refractivity contribution in [3.05, 3.63) is 12.7 Å². The van der Waals surface area contributed by atoms with Gasteiger partial charge in [-0.2, -0.15) is 11.0 Å². The fraction of sp³-hybridized carbons (Fsp3) is 0.753. The molecule has 0 spiro atoms. The third-order valence-electron chi connectivity index (χ3n) is 22.4. The van der Waals surface area contributed by atoms with Crippen LogP contribution in [0.3, 0.4) is 0 Å². The summed E-state index contributed by atoms with van der Waals surface area (Å²) in [6, 6.07) is -21.3. The Morgan fingerprint density at radius 3 is 1.05 bits per heavy atom. The topological polar surface area (TPSA) is 882 Å². The number of nitrogens with two attached hydrogens (primary N) is 3. The van der Waals surface area contributed by atoms with Gasteiger partial charge in [-0.15, -0.1) is 0 Å². The van der Waals surface area contributed by atoms with E-state index in [4.69, 9.17) is 41.1 Å². The molecule has 145 heavy (non-hydrogen) atoms. The normalized spacial score (nSPS) is 20.6. The first-order valence-electron chi connectivity index (χ1n) is 48.1. The number of hydrogen-bond acceptors (Lipinski definition) is 36. The minimum Gasteiger partial charge on any atom is -0.481 e. The minimum absolute atomic E-state index is 0.0390. The van der Waals surface area contributed by atoms with Gasteiger partial charge in [0.2, 0.25) is 94.5 Å². The highest BCUT2D eigenvalue weighted by Crippen LogP contribution is 2.26. The number of nitrogens with one attached hydrogen (secondary N) is 17. The molecule has 2 heterocycles. The number of carbonyl (C=O) groups excluding carboxylic acids is 17. The highest BCUT2D eigenvalue weighted by molar-refractivity contribution is 6.01. The minimum atomic E-state index is -1.94. The zero-order valence-corrected chi connectivity index (χ0v) is 83.9. The van der Waals surface area contributed by atoms with Gasteiger partial charge in [-0.1, -0.05) is 68.0 Å². The number of hydrogen-bond donors (Lipinski definition) is 30. The van der Waals surface area contributed by atoms with Crippen LogP contribution in [0.25, 0.3) is 0 Å². The van der Waals surface area contributed by atoms with Crippen LogP contribution in [0.15, 0.2) is 12.7 Å². The van der Waals surface area contributed by atoms with E-state index in [0.29, 0.717) is 12.8 Å². The number of unbranched alkanes of at least 4 members (excludes halogenated alkanes) is 3. The Labute approximate surface area is 838 Å². The first-order chi connectivity index (χ1) is 68.1. The van der Waals surface area contributed by atoms with Crippen LogP contribution in [0.2, 0.25) is 0 Å². The highest BCUT2D eigenvalue weighted by Gasteiger charge is 2.49. The van der Waals surface area contributed by atoms with E-state index in [1.54, 1.807) is 55.4 Å². The Balaban J connectivity index is 2.28. The fourth-order valence-corrected chi connectivity index (χ4v) is 14.4. The van der Waals surface area contributed by atoms with E-state index in [-0.39, 0.29) is 115 Å².